The molecule has 3 rings (SSSR count). The number of fused-ring (bicyclic) bond motifs is 1. The summed E-state index contributed by atoms with van der Waals surface area (Å²) in [6.45, 7) is 2.23. The standard InChI is InChI=1S/C15H13N3O3S/c1-9-8-22-15-17-10(7-18(9)15)6-16-13(19)11-4-2-3-5-12(11)14(20)21/h2-5,7-8H,6H2,1H3,(H,16,19)(H,20,21). The molecule has 0 bridgehead atoms. The number of rotatable bonds is 4. The molecule has 0 saturated carbocycles. The number of carbonyl (C=O) groups excluding carboxylic acids is 1. The zero-order valence-electron chi connectivity index (χ0n) is 11.7. The molecular formula is C15H13N3O3S. The van der Waals surface area contributed by atoms with E-state index in [-0.39, 0.29) is 17.7 Å². The smallest absolute Gasteiger partial charge is 0.336 e. The van der Waals surface area contributed by atoms with E-state index in [0.717, 1.165) is 16.3 Å². The highest BCUT2D eigenvalue weighted by atomic mass is 32.1. The number of benzene rings is 1. The number of aromatic nitrogens is 2. The lowest BCUT2D eigenvalue weighted by atomic mass is 10.1. The number of nitrogens with one attached hydrogen (secondary N) is 1. The molecule has 2 aromatic heterocycles. The van der Waals surface area contributed by atoms with Crippen LogP contribution < -0.4 is 5.32 Å². The van der Waals surface area contributed by atoms with Gasteiger partial charge in [0.2, 0.25) is 0 Å². The first kappa shape index (κ1) is 14.3. The Labute approximate surface area is 130 Å². The third kappa shape index (κ3) is 2.58. The van der Waals surface area contributed by atoms with E-state index in [9.17, 15) is 9.59 Å². The van der Waals surface area contributed by atoms with E-state index in [1.165, 1.54) is 23.5 Å². The van der Waals surface area contributed by atoms with E-state index in [1.807, 2.05) is 22.9 Å². The predicted octanol–water partition coefficient (Wildman–Crippen LogP) is 2.33. The van der Waals surface area contributed by atoms with Crippen molar-refractivity contribution in [3.05, 3.63) is 58.4 Å². The molecule has 0 saturated heterocycles. The molecule has 112 valence electrons. The van der Waals surface area contributed by atoms with Crippen molar-refractivity contribution in [3.63, 3.8) is 0 Å². The van der Waals surface area contributed by atoms with Crippen LogP contribution in [0.3, 0.4) is 0 Å². The van der Waals surface area contributed by atoms with Crippen molar-refractivity contribution in [2.24, 2.45) is 0 Å². The maximum Gasteiger partial charge on any atom is 0.336 e. The number of carboxylic acids is 1. The number of aryl methyl sites for hydroxylation is 1. The van der Waals surface area contributed by atoms with Crippen molar-refractivity contribution in [1.29, 1.82) is 0 Å². The second-order valence-corrected chi connectivity index (χ2v) is 5.63. The fraction of sp³-hybridized carbons (Fsp3) is 0.133. The molecule has 1 amide bonds. The van der Waals surface area contributed by atoms with E-state index < -0.39 is 11.9 Å². The molecule has 0 atom stereocenters. The van der Waals surface area contributed by atoms with Gasteiger partial charge in [-0.25, -0.2) is 9.78 Å². The SMILES string of the molecule is Cc1csc2nc(CNC(=O)c3ccccc3C(=O)O)cn12. The molecule has 2 heterocycles. The molecule has 0 unspecified atom stereocenters. The molecule has 22 heavy (non-hydrogen) atoms. The molecule has 0 spiro atoms. The largest absolute Gasteiger partial charge is 0.478 e. The van der Waals surface area contributed by atoms with E-state index in [4.69, 9.17) is 5.11 Å². The third-order valence-corrected chi connectivity index (χ3v) is 4.23. The van der Waals surface area contributed by atoms with Crippen molar-refractivity contribution in [3.8, 4) is 0 Å². The summed E-state index contributed by atoms with van der Waals surface area (Å²) in [5.41, 5.74) is 1.95. The van der Waals surface area contributed by atoms with Gasteiger partial charge in [-0.15, -0.1) is 11.3 Å². The number of thiazole rings is 1. The first-order valence-corrected chi connectivity index (χ1v) is 7.47. The summed E-state index contributed by atoms with van der Waals surface area (Å²) < 4.78 is 1.96. The zero-order chi connectivity index (χ0) is 15.7. The number of aromatic carboxylic acids is 1. The van der Waals surface area contributed by atoms with Gasteiger partial charge in [0.1, 0.15) is 0 Å². The number of hydrogen-bond donors (Lipinski definition) is 2. The van der Waals surface area contributed by atoms with Crippen LogP contribution in [0.2, 0.25) is 0 Å². The number of amides is 1. The summed E-state index contributed by atoms with van der Waals surface area (Å²) in [5, 5.41) is 13.8. The lowest BCUT2D eigenvalue weighted by Crippen LogP contribution is -2.25. The number of imidazole rings is 1. The van der Waals surface area contributed by atoms with Crippen LogP contribution in [0.5, 0.6) is 0 Å². The minimum Gasteiger partial charge on any atom is -0.478 e. The van der Waals surface area contributed by atoms with Gasteiger partial charge in [-0.05, 0) is 19.1 Å². The molecule has 0 aliphatic carbocycles. The van der Waals surface area contributed by atoms with Crippen LogP contribution in [-0.4, -0.2) is 26.4 Å². The monoisotopic (exact) mass is 315 g/mol. The topological polar surface area (TPSA) is 83.7 Å². The van der Waals surface area contributed by atoms with Crippen LogP contribution in [0.25, 0.3) is 4.96 Å². The lowest BCUT2D eigenvalue weighted by molar-refractivity contribution is 0.0691. The van der Waals surface area contributed by atoms with Gasteiger partial charge in [0.25, 0.3) is 5.91 Å². The maximum absolute atomic E-state index is 12.2. The summed E-state index contributed by atoms with van der Waals surface area (Å²) in [6, 6.07) is 6.13. The molecular weight excluding hydrogens is 302 g/mol. The Morgan fingerprint density at radius 2 is 2.05 bits per heavy atom. The van der Waals surface area contributed by atoms with E-state index in [1.54, 1.807) is 12.1 Å². The molecule has 0 aliphatic rings. The average Bonchev–Trinajstić information content (AvgIpc) is 3.07. The summed E-state index contributed by atoms with van der Waals surface area (Å²) in [6.07, 6.45) is 1.87. The molecule has 1 aromatic carbocycles. The molecule has 0 fully saturated rings. The average molecular weight is 315 g/mol. The molecule has 7 heteroatoms. The van der Waals surface area contributed by atoms with Gasteiger partial charge in [0.05, 0.1) is 23.4 Å². The number of hydrogen-bond acceptors (Lipinski definition) is 4. The van der Waals surface area contributed by atoms with Crippen LogP contribution in [0, 0.1) is 6.92 Å². The summed E-state index contributed by atoms with van der Waals surface area (Å²) in [4.78, 5) is 28.6. The van der Waals surface area contributed by atoms with Crippen LogP contribution in [0.1, 0.15) is 32.1 Å². The lowest BCUT2D eigenvalue weighted by Gasteiger charge is -2.06. The molecule has 0 radical (unpaired) electrons. The normalized spacial score (nSPS) is 10.8. The van der Waals surface area contributed by atoms with Crippen molar-refractivity contribution >= 4 is 28.2 Å². The van der Waals surface area contributed by atoms with Crippen molar-refractivity contribution in [2.75, 3.05) is 0 Å². The third-order valence-electron chi connectivity index (χ3n) is 3.27. The zero-order valence-corrected chi connectivity index (χ0v) is 12.6. The summed E-state index contributed by atoms with van der Waals surface area (Å²) >= 11 is 1.53. The van der Waals surface area contributed by atoms with Gasteiger partial charge in [-0.3, -0.25) is 9.20 Å². The minimum absolute atomic E-state index is 0.0123. The van der Waals surface area contributed by atoms with Crippen LogP contribution in [0.4, 0.5) is 0 Å². The highest BCUT2D eigenvalue weighted by molar-refractivity contribution is 7.15. The first-order valence-electron chi connectivity index (χ1n) is 6.59. The predicted molar refractivity (Wildman–Crippen MR) is 82.4 cm³/mol. The van der Waals surface area contributed by atoms with E-state index in [0.29, 0.717) is 0 Å². The summed E-state index contributed by atoms with van der Waals surface area (Å²) in [7, 11) is 0. The minimum atomic E-state index is -1.12. The van der Waals surface area contributed by atoms with Crippen LogP contribution >= 0.6 is 11.3 Å². The Morgan fingerprint density at radius 1 is 1.32 bits per heavy atom. The van der Waals surface area contributed by atoms with E-state index >= 15 is 0 Å². The van der Waals surface area contributed by atoms with Gasteiger partial charge in [0, 0.05) is 17.3 Å². The Balaban J connectivity index is 1.76. The van der Waals surface area contributed by atoms with Crippen molar-refractivity contribution < 1.29 is 14.7 Å². The van der Waals surface area contributed by atoms with Gasteiger partial charge < -0.3 is 10.4 Å². The van der Waals surface area contributed by atoms with Gasteiger partial charge >= 0.3 is 5.97 Å². The van der Waals surface area contributed by atoms with Crippen LogP contribution in [0.15, 0.2) is 35.8 Å². The Kier molecular flexibility index (Phi) is 3.64. The molecule has 6 nitrogen and oxygen atoms in total. The highest BCUT2D eigenvalue weighted by Crippen LogP contribution is 2.16. The van der Waals surface area contributed by atoms with Crippen molar-refractivity contribution in [1.82, 2.24) is 14.7 Å². The number of carbonyl (C=O) groups is 2. The van der Waals surface area contributed by atoms with Crippen molar-refractivity contribution in [2.45, 2.75) is 13.5 Å². The first-order chi connectivity index (χ1) is 10.6. The number of nitrogens with zero attached hydrogens (tertiary/aromatic N) is 2. The quantitative estimate of drug-likeness (QED) is 0.774. The second kappa shape index (κ2) is 5.61. The Morgan fingerprint density at radius 3 is 2.73 bits per heavy atom. The second-order valence-electron chi connectivity index (χ2n) is 4.80. The fourth-order valence-electron chi connectivity index (χ4n) is 2.16. The summed E-state index contributed by atoms with van der Waals surface area (Å²) in [5.74, 6) is -1.55. The van der Waals surface area contributed by atoms with E-state index in [2.05, 4.69) is 10.3 Å². The maximum atomic E-state index is 12.2. The Hall–Kier alpha value is -2.67. The number of carboxylic acid groups (broad SMARTS) is 1. The molecule has 2 N–H and O–H groups in total. The molecule has 0 aliphatic heterocycles. The van der Waals surface area contributed by atoms with Gasteiger partial charge in [-0.2, -0.15) is 0 Å². The van der Waals surface area contributed by atoms with Gasteiger partial charge in [0.15, 0.2) is 4.96 Å². The fourth-order valence-corrected chi connectivity index (χ4v) is 3.03. The Bertz CT molecular complexity index is 866. The highest BCUT2D eigenvalue weighted by Gasteiger charge is 2.16. The molecule has 3 aromatic rings. The van der Waals surface area contributed by atoms with Gasteiger partial charge in [-0.1, -0.05) is 12.1 Å². The van der Waals surface area contributed by atoms with Crippen LogP contribution in [-0.2, 0) is 6.54 Å².